The second kappa shape index (κ2) is 4.08. The summed E-state index contributed by atoms with van der Waals surface area (Å²) in [6, 6.07) is 7.72. The summed E-state index contributed by atoms with van der Waals surface area (Å²) < 4.78 is 5.37. The van der Waals surface area contributed by atoms with Crippen molar-refractivity contribution in [1.82, 2.24) is 0 Å². The highest BCUT2D eigenvalue weighted by Gasteiger charge is 2.63. The molecule has 1 aliphatic heterocycles. The molecule has 1 amide bonds. The molecule has 0 aromatic heterocycles. The number of esters is 1. The van der Waals surface area contributed by atoms with Crippen molar-refractivity contribution in [3.8, 4) is 0 Å². The zero-order valence-corrected chi connectivity index (χ0v) is 11.3. The van der Waals surface area contributed by atoms with E-state index in [0.29, 0.717) is 5.92 Å². The van der Waals surface area contributed by atoms with E-state index in [2.05, 4.69) is 5.32 Å². The van der Waals surface area contributed by atoms with E-state index >= 15 is 0 Å². The highest BCUT2D eigenvalue weighted by molar-refractivity contribution is 5.97. The molecular weight excluding hydrogens is 254 g/mol. The van der Waals surface area contributed by atoms with Gasteiger partial charge in [-0.1, -0.05) is 18.2 Å². The first kappa shape index (κ1) is 11.9. The van der Waals surface area contributed by atoms with Crippen molar-refractivity contribution in [2.45, 2.75) is 25.9 Å². The standard InChI is InChI=1S/C16H17NO3/c1-8-4-2-3-5-11(8)17-15(18)13-9-6-10-12(7-9)20-16(19)14(10)13/h2-5,9-10,12-14H,6-7H2,1H3,(H,17,18)/t9-,10-,12-,13+,14+/m1/s1. The maximum absolute atomic E-state index is 12.6. The SMILES string of the molecule is Cc1ccccc1NC(=O)[C@H]1[C@@H]2C[C@H]3[C@@H]1C(=O)O[C@@H]3C2. The molecule has 1 N–H and O–H groups in total. The van der Waals surface area contributed by atoms with Gasteiger partial charge in [0.05, 0.1) is 11.8 Å². The summed E-state index contributed by atoms with van der Waals surface area (Å²) in [6.07, 6.45) is 1.91. The van der Waals surface area contributed by atoms with Crippen LogP contribution in [0.4, 0.5) is 5.69 Å². The Bertz CT molecular complexity index is 595. The van der Waals surface area contributed by atoms with Crippen molar-refractivity contribution in [3.63, 3.8) is 0 Å². The van der Waals surface area contributed by atoms with E-state index in [-0.39, 0.29) is 35.7 Å². The lowest BCUT2D eigenvalue weighted by Gasteiger charge is -2.23. The second-order valence-electron chi connectivity index (χ2n) is 6.23. The van der Waals surface area contributed by atoms with Crippen molar-refractivity contribution in [2.75, 3.05) is 5.32 Å². The van der Waals surface area contributed by atoms with E-state index < -0.39 is 0 Å². The number of carbonyl (C=O) groups excluding carboxylic acids is 2. The topological polar surface area (TPSA) is 55.4 Å². The zero-order valence-electron chi connectivity index (χ0n) is 11.3. The van der Waals surface area contributed by atoms with Crippen LogP contribution < -0.4 is 5.32 Å². The van der Waals surface area contributed by atoms with Crippen LogP contribution in [0.3, 0.4) is 0 Å². The van der Waals surface area contributed by atoms with Gasteiger partial charge in [-0.3, -0.25) is 9.59 Å². The van der Waals surface area contributed by atoms with Gasteiger partial charge < -0.3 is 10.1 Å². The Morgan fingerprint density at radius 2 is 2.10 bits per heavy atom. The molecule has 0 spiro atoms. The van der Waals surface area contributed by atoms with E-state index in [1.807, 2.05) is 31.2 Å². The third-order valence-corrected chi connectivity index (χ3v) is 5.19. The number of aryl methyl sites for hydroxylation is 1. The number of hydrogen-bond acceptors (Lipinski definition) is 3. The normalized spacial score (nSPS) is 37.0. The molecule has 1 aromatic carbocycles. The van der Waals surface area contributed by atoms with Crippen LogP contribution in [0, 0.1) is 30.6 Å². The average Bonchev–Trinajstić information content (AvgIpc) is 3.02. The van der Waals surface area contributed by atoms with Crippen molar-refractivity contribution in [1.29, 1.82) is 0 Å². The molecule has 0 unspecified atom stereocenters. The van der Waals surface area contributed by atoms with Crippen molar-refractivity contribution in [3.05, 3.63) is 29.8 Å². The van der Waals surface area contributed by atoms with Gasteiger partial charge in [-0.15, -0.1) is 0 Å². The van der Waals surface area contributed by atoms with Crippen LogP contribution in [0.25, 0.3) is 0 Å². The minimum absolute atomic E-state index is 0.0194. The molecule has 20 heavy (non-hydrogen) atoms. The number of nitrogens with one attached hydrogen (secondary N) is 1. The van der Waals surface area contributed by atoms with Crippen molar-refractivity contribution in [2.24, 2.45) is 23.7 Å². The van der Waals surface area contributed by atoms with E-state index in [0.717, 1.165) is 24.1 Å². The largest absolute Gasteiger partial charge is 0.462 e. The Morgan fingerprint density at radius 1 is 1.30 bits per heavy atom. The van der Waals surface area contributed by atoms with Crippen LogP contribution in [0.1, 0.15) is 18.4 Å². The third kappa shape index (κ3) is 1.54. The molecular formula is C16H17NO3. The molecule has 2 bridgehead atoms. The number of hydrogen-bond donors (Lipinski definition) is 1. The van der Waals surface area contributed by atoms with Gasteiger partial charge in [-0.25, -0.2) is 0 Å². The lowest BCUT2D eigenvalue weighted by molar-refractivity contribution is -0.145. The fraction of sp³-hybridized carbons (Fsp3) is 0.500. The number of para-hydroxylation sites is 1. The number of amides is 1. The Balaban J connectivity index is 1.58. The summed E-state index contributed by atoms with van der Waals surface area (Å²) >= 11 is 0. The van der Waals surface area contributed by atoms with E-state index in [1.165, 1.54) is 0 Å². The smallest absolute Gasteiger partial charge is 0.310 e. The highest BCUT2D eigenvalue weighted by Crippen LogP contribution is 2.57. The summed E-state index contributed by atoms with van der Waals surface area (Å²) in [5.41, 5.74) is 1.87. The molecule has 4 nitrogen and oxygen atoms in total. The summed E-state index contributed by atoms with van der Waals surface area (Å²) in [5, 5.41) is 2.99. The highest BCUT2D eigenvalue weighted by atomic mass is 16.6. The minimum atomic E-state index is -0.206. The monoisotopic (exact) mass is 271 g/mol. The molecule has 3 fully saturated rings. The van der Waals surface area contributed by atoms with Gasteiger partial charge in [0.25, 0.3) is 0 Å². The lowest BCUT2D eigenvalue weighted by Crippen LogP contribution is -2.36. The van der Waals surface area contributed by atoms with Gasteiger partial charge in [-0.05, 0) is 37.3 Å². The summed E-state index contributed by atoms with van der Waals surface area (Å²) in [4.78, 5) is 24.5. The molecule has 5 atom stereocenters. The van der Waals surface area contributed by atoms with Crippen LogP contribution in [-0.2, 0) is 14.3 Å². The van der Waals surface area contributed by atoms with Gasteiger partial charge >= 0.3 is 5.97 Å². The Labute approximate surface area is 117 Å². The molecule has 0 radical (unpaired) electrons. The Morgan fingerprint density at radius 3 is 2.90 bits per heavy atom. The van der Waals surface area contributed by atoms with E-state index in [1.54, 1.807) is 0 Å². The van der Waals surface area contributed by atoms with Crippen LogP contribution in [0.5, 0.6) is 0 Å². The first-order valence-corrected chi connectivity index (χ1v) is 7.22. The fourth-order valence-electron chi connectivity index (χ4n) is 4.29. The maximum atomic E-state index is 12.6. The number of fused-ring (bicyclic) bond motifs is 1. The molecule has 1 heterocycles. The lowest BCUT2D eigenvalue weighted by atomic mass is 9.79. The Kier molecular flexibility index (Phi) is 2.43. The predicted octanol–water partition coefficient (Wildman–Crippen LogP) is 2.13. The minimum Gasteiger partial charge on any atom is -0.462 e. The average molecular weight is 271 g/mol. The predicted molar refractivity (Wildman–Crippen MR) is 72.9 cm³/mol. The van der Waals surface area contributed by atoms with Gasteiger partial charge in [0.2, 0.25) is 5.91 Å². The van der Waals surface area contributed by atoms with E-state index in [9.17, 15) is 9.59 Å². The first-order chi connectivity index (χ1) is 9.65. The number of benzene rings is 1. The second-order valence-corrected chi connectivity index (χ2v) is 6.23. The van der Waals surface area contributed by atoms with Crippen molar-refractivity contribution < 1.29 is 14.3 Å². The van der Waals surface area contributed by atoms with Crippen molar-refractivity contribution >= 4 is 17.6 Å². The molecule has 2 saturated carbocycles. The number of anilines is 1. The molecule has 1 saturated heterocycles. The Hall–Kier alpha value is -1.84. The van der Waals surface area contributed by atoms with Crippen LogP contribution >= 0.6 is 0 Å². The number of ether oxygens (including phenoxy) is 1. The number of rotatable bonds is 2. The maximum Gasteiger partial charge on any atom is 0.310 e. The van der Waals surface area contributed by atoms with Gasteiger partial charge in [0.1, 0.15) is 6.10 Å². The first-order valence-electron chi connectivity index (χ1n) is 7.22. The quantitative estimate of drug-likeness (QED) is 0.838. The van der Waals surface area contributed by atoms with Crippen LogP contribution in [0.15, 0.2) is 24.3 Å². The fourth-order valence-corrected chi connectivity index (χ4v) is 4.29. The molecule has 4 rings (SSSR count). The summed E-state index contributed by atoms with van der Waals surface area (Å²) in [5.74, 6) is -0.00162. The molecule has 104 valence electrons. The molecule has 1 aromatic rings. The van der Waals surface area contributed by atoms with E-state index in [4.69, 9.17) is 4.74 Å². The van der Waals surface area contributed by atoms with Gasteiger partial charge in [0, 0.05) is 11.6 Å². The zero-order chi connectivity index (χ0) is 13.9. The third-order valence-electron chi connectivity index (χ3n) is 5.19. The molecule has 4 heteroatoms. The summed E-state index contributed by atoms with van der Waals surface area (Å²) in [6.45, 7) is 1.97. The van der Waals surface area contributed by atoms with Gasteiger partial charge in [-0.2, -0.15) is 0 Å². The number of carbonyl (C=O) groups is 2. The van der Waals surface area contributed by atoms with Crippen LogP contribution in [0.2, 0.25) is 0 Å². The van der Waals surface area contributed by atoms with Gasteiger partial charge in [0.15, 0.2) is 0 Å². The molecule has 3 aliphatic rings. The summed E-state index contributed by atoms with van der Waals surface area (Å²) in [7, 11) is 0. The van der Waals surface area contributed by atoms with Crippen LogP contribution in [-0.4, -0.2) is 18.0 Å². The molecule has 2 aliphatic carbocycles.